The predicted molar refractivity (Wildman–Crippen MR) is 155 cm³/mol. The summed E-state index contributed by atoms with van der Waals surface area (Å²) in [4.78, 5) is 22.3. The second kappa shape index (κ2) is 14.4. The maximum Gasteiger partial charge on any atom is 0.319 e. The lowest BCUT2D eigenvalue weighted by Gasteiger charge is -2.28. The number of carbonyl (C=O) groups is 1. The molecule has 4 rings (SSSR count). The van der Waals surface area contributed by atoms with Crippen molar-refractivity contribution < 1.29 is 23.3 Å². The molecule has 13 heteroatoms. The molecule has 0 aliphatic carbocycles. The van der Waals surface area contributed by atoms with Gasteiger partial charge in [0.25, 0.3) is 0 Å². The van der Waals surface area contributed by atoms with E-state index < -0.39 is 14.1 Å². The van der Waals surface area contributed by atoms with Gasteiger partial charge in [-0.15, -0.1) is 0 Å². The van der Waals surface area contributed by atoms with E-state index in [0.717, 1.165) is 30.0 Å². The molecule has 4 unspecified atom stereocenters. The van der Waals surface area contributed by atoms with E-state index in [0.29, 0.717) is 30.2 Å². The van der Waals surface area contributed by atoms with Crippen LogP contribution in [0.4, 0.5) is 17.3 Å². The van der Waals surface area contributed by atoms with Crippen molar-refractivity contribution in [3.05, 3.63) is 35.6 Å². The molecule has 1 aromatic heterocycles. The van der Waals surface area contributed by atoms with Gasteiger partial charge in [-0.2, -0.15) is 0 Å². The first kappa shape index (κ1) is 31.3. The van der Waals surface area contributed by atoms with Crippen LogP contribution in [0.2, 0.25) is 5.02 Å². The largest absolute Gasteiger partial charge is 0.436 e. The zero-order valence-corrected chi connectivity index (χ0v) is 25.3. The predicted octanol–water partition coefficient (Wildman–Crippen LogP) is 5.04. The third-order valence-electron chi connectivity index (χ3n) is 6.05. The van der Waals surface area contributed by atoms with E-state index in [1.807, 2.05) is 20.9 Å². The number of fused-ring (bicyclic) bond motifs is 1. The number of aldehydes is 1. The van der Waals surface area contributed by atoms with Crippen molar-refractivity contribution in [2.24, 2.45) is 5.92 Å². The van der Waals surface area contributed by atoms with Gasteiger partial charge >= 0.3 is 8.53 Å². The summed E-state index contributed by atoms with van der Waals surface area (Å²) >= 11 is 5.97. The molecular formula is C26H40ClN6O5P. The number of anilines is 3. The average molecular weight is 583 g/mol. The molecule has 1 fully saturated rings. The molecular weight excluding hydrogens is 543 g/mol. The standard InChI is InChI=1S/C22H30ClN6O4P.C4H10O/c1-14-9-17(32-21(14)29-13-27-18-19(24-4)25-12-26-20(18)29)10-31-34(28-22(2,3)11-30)33-16-7-5-15(23)6-8-16;1-4(2)5-3/h5-8,11-12,14,17,21,27-28H,9-10,13H2,1-4H3,(H,24,25,26);4H,1-3H3. The van der Waals surface area contributed by atoms with Crippen molar-refractivity contribution in [2.75, 3.05) is 43.0 Å². The van der Waals surface area contributed by atoms with Gasteiger partial charge in [-0.25, -0.2) is 15.1 Å². The van der Waals surface area contributed by atoms with Crippen LogP contribution < -0.4 is 25.1 Å². The second-order valence-corrected chi connectivity index (χ2v) is 11.8. The molecule has 0 radical (unpaired) electrons. The summed E-state index contributed by atoms with van der Waals surface area (Å²) in [5.41, 5.74) is 0.0702. The maximum atomic E-state index is 11.5. The number of ether oxygens (including phenoxy) is 2. The van der Waals surface area contributed by atoms with Gasteiger partial charge in [0.05, 0.1) is 31.0 Å². The van der Waals surface area contributed by atoms with Gasteiger partial charge in [0.1, 0.15) is 30.3 Å². The molecule has 0 saturated carbocycles. The molecule has 0 bridgehead atoms. The van der Waals surface area contributed by atoms with Crippen LogP contribution in [0.25, 0.3) is 0 Å². The summed E-state index contributed by atoms with van der Waals surface area (Å²) in [6.07, 6.45) is 3.31. The Balaban J connectivity index is 0.000000771. The fraction of sp³-hybridized carbons (Fsp3) is 0.577. The number of carbonyl (C=O) groups excluding carboxylic acids is 1. The van der Waals surface area contributed by atoms with Crippen LogP contribution in [0.1, 0.15) is 41.0 Å². The minimum atomic E-state index is -1.60. The Labute approximate surface area is 237 Å². The number of methoxy groups -OCH3 is 1. The first-order valence-corrected chi connectivity index (χ1v) is 14.4. The Hall–Kier alpha value is -2.27. The van der Waals surface area contributed by atoms with Gasteiger partial charge < -0.3 is 38.8 Å². The number of nitrogens with one attached hydrogen (secondary N) is 3. The number of nitrogens with zero attached hydrogens (tertiary/aromatic N) is 3. The van der Waals surface area contributed by atoms with Crippen molar-refractivity contribution in [1.29, 1.82) is 0 Å². The molecule has 0 spiro atoms. The molecule has 2 aliphatic heterocycles. The van der Waals surface area contributed by atoms with Gasteiger partial charge in [0, 0.05) is 25.1 Å². The van der Waals surface area contributed by atoms with E-state index in [1.54, 1.807) is 51.6 Å². The number of hydrogen-bond donors (Lipinski definition) is 3. The molecule has 216 valence electrons. The molecule has 3 heterocycles. The summed E-state index contributed by atoms with van der Waals surface area (Å²) in [6.45, 7) is 10.6. The van der Waals surface area contributed by atoms with E-state index in [2.05, 4.69) is 37.5 Å². The van der Waals surface area contributed by atoms with Crippen LogP contribution in [0.3, 0.4) is 0 Å². The SMILES string of the molecule is CNc1ncnc2c1NCN2C1OC(COP(NC(C)(C)C=O)Oc2ccc(Cl)cc2)CC1C.COC(C)C. The summed E-state index contributed by atoms with van der Waals surface area (Å²) in [5, 5.41) is 10.2. The van der Waals surface area contributed by atoms with Crippen LogP contribution in [0.5, 0.6) is 5.75 Å². The highest BCUT2D eigenvalue weighted by molar-refractivity contribution is 7.45. The first-order chi connectivity index (χ1) is 18.6. The van der Waals surface area contributed by atoms with Gasteiger partial charge in [-0.3, -0.25) is 0 Å². The Morgan fingerprint density at radius 3 is 2.62 bits per heavy atom. The Morgan fingerprint density at radius 2 is 2.00 bits per heavy atom. The van der Waals surface area contributed by atoms with Gasteiger partial charge in [-0.05, 0) is 58.4 Å². The Morgan fingerprint density at radius 1 is 1.31 bits per heavy atom. The van der Waals surface area contributed by atoms with Crippen LogP contribution in [-0.2, 0) is 18.8 Å². The van der Waals surface area contributed by atoms with E-state index in [-0.39, 0.29) is 18.2 Å². The number of halogens is 1. The van der Waals surface area contributed by atoms with E-state index in [1.165, 1.54) is 0 Å². The highest BCUT2D eigenvalue weighted by atomic mass is 35.5. The minimum Gasteiger partial charge on any atom is -0.436 e. The monoisotopic (exact) mass is 582 g/mol. The molecule has 2 aromatic rings. The molecule has 3 N–H and O–H groups in total. The first-order valence-electron chi connectivity index (χ1n) is 12.9. The third kappa shape index (κ3) is 8.86. The van der Waals surface area contributed by atoms with E-state index in [9.17, 15) is 4.79 Å². The minimum absolute atomic E-state index is 0.130. The van der Waals surface area contributed by atoms with Gasteiger partial charge in [0.15, 0.2) is 11.6 Å². The zero-order chi connectivity index (χ0) is 28.6. The van der Waals surface area contributed by atoms with Crippen LogP contribution >= 0.6 is 20.1 Å². The van der Waals surface area contributed by atoms with Gasteiger partial charge in [0.2, 0.25) is 0 Å². The fourth-order valence-corrected chi connectivity index (χ4v) is 5.31. The number of hydrogen-bond acceptors (Lipinski definition) is 11. The van der Waals surface area contributed by atoms with E-state index >= 15 is 0 Å². The maximum absolute atomic E-state index is 11.5. The normalized spacial score (nSPS) is 21.1. The summed E-state index contributed by atoms with van der Waals surface area (Å²) in [6, 6.07) is 7.01. The van der Waals surface area contributed by atoms with E-state index in [4.69, 9.17) is 30.1 Å². The number of benzene rings is 1. The molecule has 0 amide bonds. The van der Waals surface area contributed by atoms with Gasteiger partial charge in [-0.1, -0.05) is 18.5 Å². The summed E-state index contributed by atoms with van der Waals surface area (Å²) in [5.74, 6) is 2.44. The highest BCUT2D eigenvalue weighted by Crippen LogP contribution is 2.42. The quantitative estimate of drug-likeness (QED) is 0.244. The molecule has 2 aliphatic rings. The lowest BCUT2D eigenvalue weighted by Crippen LogP contribution is -2.39. The van der Waals surface area contributed by atoms with Crippen LogP contribution in [0, 0.1) is 5.92 Å². The van der Waals surface area contributed by atoms with Crippen LogP contribution in [-0.4, -0.2) is 67.7 Å². The molecule has 4 atom stereocenters. The molecule has 1 aromatic carbocycles. The highest BCUT2D eigenvalue weighted by Gasteiger charge is 2.40. The average Bonchev–Trinajstić information content (AvgIpc) is 3.51. The third-order valence-corrected chi connectivity index (χ3v) is 7.82. The zero-order valence-electron chi connectivity index (χ0n) is 23.6. The lowest BCUT2D eigenvalue weighted by atomic mass is 10.1. The topological polar surface area (TPSA) is 119 Å². The molecule has 11 nitrogen and oxygen atoms in total. The number of aromatic nitrogens is 2. The molecule has 1 saturated heterocycles. The fourth-order valence-electron chi connectivity index (χ4n) is 3.89. The summed E-state index contributed by atoms with van der Waals surface area (Å²) < 4.78 is 23.2. The van der Waals surface area contributed by atoms with Crippen molar-refractivity contribution >= 4 is 43.7 Å². The summed E-state index contributed by atoms with van der Waals surface area (Å²) in [7, 11) is 1.93. The molecule has 39 heavy (non-hydrogen) atoms. The smallest absolute Gasteiger partial charge is 0.319 e. The Kier molecular flexibility index (Phi) is 11.5. The van der Waals surface area contributed by atoms with Crippen molar-refractivity contribution in [1.82, 2.24) is 15.1 Å². The Bertz CT molecular complexity index is 1060. The van der Waals surface area contributed by atoms with Crippen molar-refractivity contribution in [2.45, 2.75) is 65.0 Å². The second-order valence-electron chi connectivity index (χ2n) is 10.2. The number of rotatable bonds is 11. The van der Waals surface area contributed by atoms with Crippen molar-refractivity contribution in [3.8, 4) is 5.75 Å². The van der Waals surface area contributed by atoms with Crippen molar-refractivity contribution in [3.63, 3.8) is 0 Å². The lowest BCUT2D eigenvalue weighted by molar-refractivity contribution is -0.111. The van der Waals surface area contributed by atoms with Crippen LogP contribution in [0.15, 0.2) is 30.6 Å².